The van der Waals surface area contributed by atoms with Crippen LogP contribution in [0.1, 0.15) is 0 Å². The van der Waals surface area contributed by atoms with E-state index >= 15 is 0 Å². The van der Waals surface area contributed by atoms with E-state index in [4.69, 9.17) is 5.21 Å². The maximum atomic E-state index is 10.9. The molecule has 0 aliphatic rings. The lowest BCUT2D eigenvalue weighted by Crippen LogP contribution is -2.46. The lowest BCUT2D eigenvalue weighted by Gasteiger charge is -1.87. The zero-order chi connectivity index (χ0) is 9.14. The predicted octanol–water partition coefficient (Wildman–Crippen LogP) is -2.03. The highest BCUT2D eigenvalue weighted by molar-refractivity contribution is 5.01. The summed E-state index contributed by atoms with van der Waals surface area (Å²) < 4.78 is 0. The molecule has 0 aromatic heterocycles. The molecule has 0 aliphatic heterocycles. The van der Waals surface area contributed by atoms with Crippen molar-refractivity contribution in [2.45, 2.75) is 0 Å². The number of hydrogen-bond acceptors (Lipinski definition) is 6. The van der Waals surface area contributed by atoms with Gasteiger partial charge in [-0.3, -0.25) is 9.59 Å². The lowest BCUT2D eigenvalue weighted by atomic mass is 10.3. The molecule has 0 aliphatic carbocycles. The van der Waals surface area contributed by atoms with E-state index in [1.54, 1.807) is 0 Å². The molecule has 1 N–H and O–H groups in total. The van der Waals surface area contributed by atoms with Crippen LogP contribution in [0.15, 0.2) is 32.0 Å². The Morgan fingerprint density at radius 3 is 2.50 bits per heavy atom. The third-order valence-electron chi connectivity index (χ3n) is 1.27. The van der Waals surface area contributed by atoms with Crippen LogP contribution in [-0.2, 0) is 0 Å². The van der Waals surface area contributed by atoms with Gasteiger partial charge >= 0.3 is 0 Å². The van der Waals surface area contributed by atoms with Crippen LogP contribution in [-0.4, -0.2) is 5.21 Å². The number of nitrogens with zero attached hydrogens (tertiary/aromatic N) is 2. The van der Waals surface area contributed by atoms with Crippen molar-refractivity contribution in [3.8, 4) is 0 Å². The molecule has 1 rings (SSSR count). The van der Waals surface area contributed by atoms with Gasteiger partial charge in [0.25, 0.3) is 0 Å². The number of rotatable bonds is 0. The molecule has 0 atom stereocenters. The van der Waals surface area contributed by atoms with Gasteiger partial charge in [-0.25, -0.2) is 0 Å². The first-order chi connectivity index (χ1) is 5.70. The van der Waals surface area contributed by atoms with Gasteiger partial charge in [-0.05, 0) is 12.1 Å². The molecule has 62 valence electrons. The van der Waals surface area contributed by atoms with Crippen LogP contribution < -0.4 is 21.6 Å². The fourth-order valence-electron chi connectivity index (χ4n) is 0.709. The Labute approximate surface area is 65.0 Å². The van der Waals surface area contributed by atoms with Gasteiger partial charge in [-0.15, -0.1) is 0 Å². The zero-order valence-corrected chi connectivity index (χ0v) is 5.72. The van der Waals surface area contributed by atoms with Crippen molar-refractivity contribution in [1.29, 1.82) is 0 Å². The molecule has 0 saturated heterocycles. The summed E-state index contributed by atoms with van der Waals surface area (Å²) >= 11 is 0. The van der Waals surface area contributed by atoms with Gasteiger partial charge in [0.05, 0.1) is 0 Å². The Hall–Kier alpha value is -1.98. The van der Waals surface area contributed by atoms with Gasteiger partial charge in [0, 0.05) is 0 Å². The minimum Gasteiger partial charge on any atom is -0.791 e. The second kappa shape index (κ2) is 2.95. The molecule has 0 saturated carbocycles. The standard InChI is InChI=1S/C6H4N2O4/c9-4-2-1-3(7-11)6(10)5(4)8-12/h1-2,11-12H/p-1. The molecule has 12 heavy (non-hydrogen) atoms. The van der Waals surface area contributed by atoms with Crippen molar-refractivity contribution < 1.29 is 5.21 Å². The van der Waals surface area contributed by atoms with E-state index in [1.165, 1.54) is 0 Å². The third kappa shape index (κ3) is 1.09. The fraction of sp³-hybridized carbons (Fsp3) is 0. The Morgan fingerprint density at radius 2 is 2.00 bits per heavy atom. The van der Waals surface area contributed by atoms with Crippen molar-refractivity contribution in [2.75, 3.05) is 0 Å². The van der Waals surface area contributed by atoms with Gasteiger partial charge in [-0.2, -0.15) is 0 Å². The summed E-state index contributed by atoms with van der Waals surface area (Å²) in [6.07, 6.45) is 0. The van der Waals surface area contributed by atoms with Crippen LogP contribution in [0.4, 0.5) is 0 Å². The molecule has 0 heterocycles. The Morgan fingerprint density at radius 1 is 1.33 bits per heavy atom. The van der Waals surface area contributed by atoms with Crippen LogP contribution >= 0.6 is 0 Å². The third-order valence-corrected chi connectivity index (χ3v) is 1.27. The maximum Gasteiger partial charge on any atom is 0.236 e. The summed E-state index contributed by atoms with van der Waals surface area (Å²) in [4.78, 5) is 21.6. The minimum atomic E-state index is -0.958. The van der Waals surface area contributed by atoms with E-state index in [-0.39, 0.29) is 0 Å². The van der Waals surface area contributed by atoms with E-state index in [0.29, 0.717) is 0 Å². The Balaban J connectivity index is 3.96. The van der Waals surface area contributed by atoms with E-state index in [1.807, 2.05) is 0 Å². The van der Waals surface area contributed by atoms with E-state index < -0.39 is 21.6 Å². The smallest absolute Gasteiger partial charge is 0.236 e. The second-order valence-electron chi connectivity index (χ2n) is 1.95. The van der Waals surface area contributed by atoms with Crippen molar-refractivity contribution in [2.24, 2.45) is 10.3 Å². The molecule has 6 heteroatoms. The highest BCUT2D eigenvalue weighted by Gasteiger charge is 1.97. The van der Waals surface area contributed by atoms with Crippen LogP contribution in [0.3, 0.4) is 0 Å². The van der Waals surface area contributed by atoms with Gasteiger partial charge in [0.2, 0.25) is 10.9 Å². The zero-order valence-electron chi connectivity index (χ0n) is 5.72. The van der Waals surface area contributed by atoms with Gasteiger partial charge in [-0.1, -0.05) is 5.16 Å². The largest absolute Gasteiger partial charge is 0.791 e. The van der Waals surface area contributed by atoms with E-state index in [0.717, 1.165) is 12.1 Å². The Bertz CT molecular complexity index is 496. The average Bonchev–Trinajstić information content (AvgIpc) is 2.06. The van der Waals surface area contributed by atoms with Crippen LogP contribution in [0.2, 0.25) is 0 Å². The molecule has 1 aromatic carbocycles. The van der Waals surface area contributed by atoms with Gasteiger partial charge < -0.3 is 15.6 Å². The molecule has 1 aromatic rings. The molecule has 6 nitrogen and oxygen atoms in total. The summed E-state index contributed by atoms with van der Waals surface area (Å²) in [5.41, 5.74) is -1.70. The van der Waals surface area contributed by atoms with Gasteiger partial charge in [0.15, 0.2) is 5.36 Å². The molecule has 0 amide bonds. The summed E-state index contributed by atoms with van der Waals surface area (Å²) in [5, 5.41) is 21.8. The first-order valence-electron chi connectivity index (χ1n) is 2.90. The molecule has 0 bridgehead atoms. The lowest BCUT2D eigenvalue weighted by molar-refractivity contribution is 0.300. The van der Waals surface area contributed by atoms with Gasteiger partial charge in [0.1, 0.15) is 5.36 Å². The summed E-state index contributed by atoms with van der Waals surface area (Å²) in [5.74, 6) is 0. The van der Waals surface area contributed by atoms with Crippen molar-refractivity contribution >= 4 is 0 Å². The van der Waals surface area contributed by atoms with E-state index in [2.05, 4.69) is 10.3 Å². The highest BCUT2D eigenvalue weighted by Crippen LogP contribution is 1.55. The molecular formula is C6H3N2O4-. The Kier molecular flexibility index (Phi) is 2.00. The van der Waals surface area contributed by atoms with E-state index in [9.17, 15) is 14.8 Å². The summed E-state index contributed by atoms with van der Waals surface area (Å²) in [6, 6.07) is 1.92. The predicted molar refractivity (Wildman–Crippen MR) is 37.6 cm³/mol. The first-order valence-corrected chi connectivity index (χ1v) is 2.90. The molecular weight excluding hydrogens is 164 g/mol. The molecule has 0 radical (unpaired) electrons. The van der Waals surface area contributed by atoms with Crippen molar-refractivity contribution in [3.05, 3.63) is 48.5 Å². The fourth-order valence-corrected chi connectivity index (χ4v) is 0.709. The van der Waals surface area contributed by atoms with Crippen LogP contribution in [0.25, 0.3) is 0 Å². The highest BCUT2D eigenvalue weighted by atomic mass is 16.4. The first kappa shape index (κ1) is 8.12. The topological polar surface area (TPSA) is 102 Å². The normalized spacial score (nSPS) is 13.7. The molecule has 0 fully saturated rings. The minimum absolute atomic E-state index is 0.442. The number of hydrogen-bond donors (Lipinski definition) is 1. The molecule has 0 spiro atoms. The van der Waals surface area contributed by atoms with Crippen LogP contribution in [0, 0.1) is 5.21 Å². The van der Waals surface area contributed by atoms with Crippen molar-refractivity contribution in [1.82, 2.24) is 0 Å². The second-order valence-corrected chi connectivity index (χ2v) is 1.95. The van der Waals surface area contributed by atoms with Crippen LogP contribution in [0.5, 0.6) is 0 Å². The maximum absolute atomic E-state index is 10.9. The quantitative estimate of drug-likeness (QED) is 0.355. The monoisotopic (exact) mass is 167 g/mol. The summed E-state index contributed by atoms with van der Waals surface area (Å²) in [7, 11) is 0. The number of benzene rings is 1. The van der Waals surface area contributed by atoms with Crippen molar-refractivity contribution in [3.63, 3.8) is 0 Å². The average molecular weight is 167 g/mol. The SMILES string of the molecule is O=c1ccc(=N[O-])c(=O)c1=NO. The summed E-state index contributed by atoms with van der Waals surface area (Å²) in [6.45, 7) is 0. The molecule has 0 unspecified atom stereocenters.